The molecule has 2 aromatic carbocycles. The second-order valence-corrected chi connectivity index (χ2v) is 9.30. The Morgan fingerprint density at radius 3 is 2.53 bits per heavy atom. The van der Waals surface area contributed by atoms with Crippen LogP contribution >= 0.6 is 11.6 Å². The summed E-state index contributed by atoms with van der Waals surface area (Å²) in [6.45, 7) is 1.59. The van der Waals surface area contributed by atoms with Crippen molar-refractivity contribution in [2.45, 2.75) is 45.1 Å². The van der Waals surface area contributed by atoms with Crippen molar-refractivity contribution in [3.8, 4) is 11.5 Å². The number of urea groups is 1. The number of barbiturate groups is 1. The number of carbonyl (C=O) groups is 4. The van der Waals surface area contributed by atoms with Gasteiger partial charge < -0.3 is 14.8 Å². The third kappa shape index (κ3) is 6.31. The maximum Gasteiger partial charge on any atom is 0.331 e. The summed E-state index contributed by atoms with van der Waals surface area (Å²) >= 11 is 6.44. The molecule has 0 bridgehead atoms. The molecule has 0 unspecified atom stereocenters. The van der Waals surface area contributed by atoms with E-state index in [9.17, 15) is 23.6 Å². The molecule has 2 N–H and O–H groups in total. The molecule has 0 radical (unpaired) electrons. The van der Waals surface area contributed by atoms with E-state index in [1.807, 2.05) is 0 Å². The van der Waals surface area contributed by atoms with Gasteiger partial charge >= 0.3 is 6.03 Å². The van der Waals surface area contributed by atoms with E-state index in [0.717, 1.165) is 24.2 Å². The fourth-order valence-corrected chi connectivity index (χ4v) is 4.72. The highest BCUT2D eigenvalue weighted by Gasteiger charge is 2.40. The summed E-state index contributed by atoms with van der Waals surface area (Å²) < 4.78 is 24.3. The number of hydrogen-bond acceptors (Lipinski definition) is 6. The lowest BCUT2D eigenvalue weighted by atomic mass is 9.93. The van der Waals surface area contributed by atoms with Crippen LogP contribution in [-0.4, -0.2) is 47.9 Å². The summed E-state index contributed by atoms with van der Waals surface area (Å²) in [6, 6.07) is 7.29. The highest BCUT2D eigenvalue weighted by atomic mass is 35.5. The Hall–Kier alpha value is -3.92. The van der Waals surface area contributed by atoms with E-state index < -0.39 is 36.2 Å². The molecule has 1 heterocycles. The maximum atomic E-state index is 13.2. The van der Waals surface area contributed by atoms with Crippen molar-refractivity contribution in [3.05, 3.63) is 58.4 Å². The summed E-state index contributed by atoms with van der Waals surface area (Å²) in [7, 11) is 0. The molecule has 2 aliphatic rings. The highest BCUT2D eigenvalue weighted by Crippen LogP contribution is 2.38. The van der Waals surface area contributed by atoms with E-state index in [2.05, 4.69) is 10.6 Å². The van der Waals surface area contributed by atoms with Crippen LogP contribution in [0.1, 0.15) is 44.6 Å². The van der Waals surface area contributed by atoms with Crippen LogP contribution in [0.3, 0.4) is 0 Å². The molecule has 1 aliphatic heterocycles. The molecule has 1 aliphatic carbocycles. The Labute approximate surface area is 223 Å². The second-order valence-electron chi connectivity index (χ2n) is 8.89. The number of halogens is 2. The summed E-state index contributed by atoms with van der Waals surface area (Å²) in [6.07, 6.45) is 5.60. The minimum absolute atomic E-state index is 0.0845. The van der Waals surface area contributed by atoms with Gasteiger partial charge in [0, 0.05) is 11.7 Å². The molecule has 11 heteroatoms. The first-order valence-electron chi connectivity index (χ1n) is 12.3. The molecule has 1 saturated carbocycles. The molecule has 2 fully saturated rings. The molecular formula is C27H27ClFN3O6. The Morgan fingerprint density at radius 2 is 1.84 bits per heavy atom. The number of nitrogens with one attached hydrogen (secondary N) is 2. The summed E-state index contributed by atoms with van der Waals surface area (Å²) in [4.78, 5) is 51.6. The van der Waals surface area contributed by atoms with E-state index in [0.29, 0.717) is 24.1 Å². The zero-order chi connectivity index (χ0) is 27.2. The lowest BCUT2D eigenvalue weighted by Crippen LogP contribution is -2.58. The average molecular weight is 544 g/mol. The van der Waals surface area contributed by atoms with Gasteiger partial charge in [-0.2, -0.15) is 0 Å². The number of carbonyl (C=O) groups excluding carboxylic acids is 4. The van der Waals surface area contributed by atoms with Gasteiger partial charge in [-0.15, -0.1) is 0 Å². The zero-order valence-corrected chi connectivity index (χ0v) is 21.5. The SMILES string of the molecule is CCOc1cc(C=C2C(=O)NC(=O)N(C3CCCCC3)C2=O)cc(Cl)c1OCC(=O)Nc1ccc(F)cc1. The monoisotopic (exact) mass is 543 g/mol. The third-order valence-corrected chi connectivity index (χ3v) is 6.47. The van der Waals surface area contributed by atoms with Crippen LogP contribution in [0.2, 0.25) is 5.02 Å². The molecule has 200 valence electrons. The van der Waals surface area contributed by atoms with E-state index in [4.69, 9.17) is 21.1 Å². The fourth-order valence-electron chi connectivity index (χ4n) is 4.45. The van der Waals surface area contributed by atoms with Crippen molar-refractivity contribution in [2.75, 3.05) is 18.5 Å². The Balaban J connectivity index is 1.53. The minimum Gasteiger partial charge on any atom is -0.490 e. The van der Waals surface area contributed by atoms with Crippen LogP contribution in [0.15, 0.2) is 42.0 Å². The molecule has 0 spiro atoms. The normalized spacial score (nSPS) is 17.4. The lowest BCUT2D eigenvalue weighted by molar-refractivity contribution is -0.132. The van der Waals surface area contributed by atoms with Crippen molar-refractivity contribution < 1.29 is 33.0 Å². The van der Waals surface area contributed by atoms with E-state index >= 15 is 0 Å². The predicted octanol–water partition coefficient (Wildman–Crippen LogP) is 4.69. The van der Waals surface area contributed by atoms with Crippen molar-refractivity contribution >= 4 is 47.1 Å². The number of anilines is 1. The number of imide groups is 2. The molecule has 1 saturated heterocycles. The van der Waals surface area contributed by atoms with Gasteiger partial charge in [0.15, 0.2) is 18.1 Å². The molecule has 5 amide bonds. The Bertz CT molecular complexity index is 1270. The zero-order valence-electron chi connectivity index (χ0n) is 20.7. The third-order valence-electron chi connectivity index (χ3n) is 6.19. The summed E-state index contributed by atoms with van der Waals surface area (Å²) in [5.41, 5.74) is 0.577. The van der Waals surface area contributed by atoms with Gasteiger partial charge in [-0.05, 0) is 67.8 Å². The first-order valence-corrected chi connectivity index (χ1v) is 12.7. The Morgan fingerprint density at radius 1 is 1.13 bits per heavy atom. The summed E-state index contributed by atoms with van der Waals surface area (Å²) in [5, 5.41) is 4.92. The predicted molar refractivity (Wildman–Crippen MR) is 138 cm³/mol. The highest BCUT2D eigenvalue weighted by molar-refractivity contribution is 6.33. The summed E-state index contributed by atoms with van der Waals surface area (Å²) in [5.74, 6) is -2.08. The molecule has 2 aromatic rings. The number of amides is 5. The fraction of sp³-hybridized carbons (Fsp3) is 0.333. The smallest absolute Gasteiger partial charge is 0.331 e. The number of rotatable bonds is 8. The van der Waals surface area contributed by atoms with Crippen molar-refractivity contribution in [1.82, 2.24) is 10.2 Å². The van der Waals surface area contributed by atoms with Crippen LogP contribution in [0.25, 0.3) is 6.08 Å². The first-order chi connectivity index (χ1) is 18.3. The minimum atomic E-state index is -0.793. The Kier molecular flexibility index (Phi) is 8.62. The molecule has 4 rings (SSSR count). The van der Waals surface area contributed by atoms with Crippen molar-refractivity contribution in [2.24, 2.45) is 0 Å². The first kappa shape index (κ1) is 27.1. The van der Waals surface area contributed by atoms with Crippen LogP contribution in [0.5, 0.6) is 11.5 Å². The molecule has 38 heavy (non-hydrogen) atoms. The lowest BCUT2D eigenvalue weighted by Gasteiger charge is -2.35. The molecule has 9 nitrogen and oxygen atoms in total. The van der Waals surface area contributed by atoms with Crippen LogP contribution in [-0.2, 0) is 14.4 Å². The number of ether oxygens (including phenoxy) is 2. The standard InChI is InChI=1S/C27H27ClFN3O6/c1-2-37-22-14-16(12-20-25(34)31-27(36)32(26(20)35)19-6-4-3-5-7-19)13-21(28)24(22)38-15-23(33)30-18-10-8-17(29)9-11-18/h8-14,19H,2-7,15H2,1H3,(H,30,33)(H,31,34,36). The van der Waals surface area contributed by atoms with Crippen LogP contribution in [0, 0.1) is 5.82 Å². The van der Waals surface area contributed by atoms with Crippen molar-refractivity contribution in [1.29, 1.82) is 0 Å². The van der Waals surface area contributed by atoms with Crippen LogP contribution < -0.4 is 20.1 Å². The van der Waals surface area contributed by atoms with Gasteiger partial charge in [0.25, 0.3) is 17.7 Å². The van der Waals surface area contributed by atoms with Gasteiger partial charge in [-0.1, -0.05) is 30.9 Å². The molecule has 0 aromatic heterocycles. The van der Waals surface area contributed by atoms with E-state index in [1.54, 1.807) is 6.92 Å². The van der Waals surface area contributed by atoms with Gasteiger partial charge in [0.05, 0.1) is 11.6 Å². The quantitative estimate of drug-likeness (QED) is 0.369. The topological polar surface area (TPSA) is 114 Å². The second kappa shape index (κ2) is 12.1. The number of hydrogen-bond donors (Lipinski definition) is 2. The molecule has 0 atom stereocenters. The van der Waals surface area contributed by atoms with Gasteiger partial charge in [-0.25, -0.2) is 9.18 Å². The van der Waals surface area contributed by atoms with Gasteiger partial charge in [-0.3, -0.25) is 24.6 Å². The average Bonchev–Trinajstić information content (AvgIpc) is 2.88. The van der Waals surface area contributed by atoms with E-state index in [1.165, 1.54) is 42.5 Å². The number of benzene rings is 2. The van der Waals surface area contributed by atoms with E-state index in [-0.39, 0.29) is 34.7 Å². The van der Waals surface area contributed by atoms with Crippen molar-refractivity contribution in [3.63, 3.8) is 0 Å². The number of nitrogens with zero attached hydrogens (tertiary/aromatic N) is 1. The molecular weight excluding hydrogens is 517 g/mol. The van der Waals surface area contributed by atoms with Crippen LogP contribution in [0.4, 0.5) is 14.9 Å². The maximum absolute atomic E-state index is 13.2. The van der Waals surface area contributed by atoms with Gasteiger partial charge in [0.2, 0.25) is 0 Å². The van der Waals surface area contributed by atoms with Gasteiger partial charge in [0.1, 0.15) is 11.4 Å². The largest absolute Gasteiger partial charge is 0.490 e.